The molecule has 0 saturated heterocycles. The SMILES string of the molecule is CC[C@@H](C)NC(=O)[C@H](C)N(Cc1ccccc1C)C(=O)CN(c1ccc(C)cc1)S(=O)(=O)c1ccc(OC)c(OC)c1. The van der Waals surface area contributed by atoms with Gasteiger partial charge in [0.05, 0.1) is 24.8 Å². The Kier molecular flexibility index (Phi) is 11.0. The van der Waals surface area contributed by atoms with E-state index in [4.69, 9.17) is 9.47 Å². The van der Waals surface area contributed by atoms with E-state index in [1.807, 2.05) is 52.0 Å². The first-order chi connectivity index (χ1) is 19.9. The molecule has 0 aliphatic heterocycles. The van der Waals surface area contributed by atoms with Gasteiger partial charge in [0, 0.05) is 18.7 Å². The van der Waals surface area contributed by atoms with Crippen LogP contribution in [0.5, 0.6) is 11.5 Å². The standard InChI is InChI=1S/C32H41N3O6S/c1-8-24(4)33-32(37)25(5)34(20-26-12-10-9-11-23(26)3)31(36)21-35(27-15-13-22(2)14-16-27)42(38,39)28-17-18-29(40-6)30(19-28)41-7/h9-19,24-25H,8,20-21H2,1-7H3,(H,33,37)/t24-,25+/m1/s1. The fraction of sp³-hybridized carbons (Fsp3) is 0.375. The van der Waals surface area contributed by atoms with E-state index in [1.165, 1.54) is 37.3 Å². The molecule has 42 heavy (non-hydrogen) atoms. The Balaban J connectivity index is 2.07. The van der Waals surface area contributed by atoms with Crippen molar-refractivity contribution < 1.29 is 27.5 Å². The summed E-state index contributed by atoms with van der Waals surface area (Å²) < 4.78 is 39.9. The molecule has 2 amide bonds. The molecule has 0 aliphatic carbocycles. The Hall–Kier alpha value is -4.05. The van der Waals surface area contributed by atoms with E-state index < -0.39 is 28.5 Å². The van der Waals surface area contributed by atoms with Crippen molar-refractivity contribution in [3.05, 3.63) is 83.4 Å². The minimum Gasteiger partial charge on any atom is -0.493 e. The molecular formula is C32H41N3O6S. The van der Waals surface area contributed by atoms with Crippen molar-refractivity contribution in [3.8, 4) is 11.5 Å². The van der Waals surface area contributed by atoms with Crippen LogP contribution in [0.3, 0.4) is 0 Å². The highest BCUT2D eigenvalue weighted by atomic mass is 32.2. The summed E-state index contributed by atoms with van der Waals surface area (Å²) in [6.07, 6.45) is 0.731. The lowest BCUT2D eigenvalue weighted by Crippen LogP contribution is -2.52. The number of nitrogens with zero attached hydrogens (tertiary/aromatic N) is 2. The van der Waals surface area contributed by atoms with Crippen molar-refractivity contribution >= 4 is 27.5 Å². The van der Waals surface area contributed by atoms with Gasteiger partial charge >= 0.3 is 0 Å². The molecule has 3 aromatic rings. The fourth-order valence-corrected chi connectivity index (χ4v) is 5.79. The Morgan fingerprint density at radius 2 is 1.55 bits per heavy atom. The van der Waals surface area contributed by atoms with Crippen LogP contribution in [0.15, 0.2) is 71.6 Å². The van der Waals surface area contributed by atoms with Crippen molar-refractivity contribution in [3.63, 3.8) is 0 Å². The maximum atomic E-state index is 14.1. The van der Waals surface area contributed by atoms with Gasteiger partial charge in [0.15, 0.2) is 11.5 Å². The normalized spacial score (nSPS) is 12.6. The quantitative estimate of drug-likeness (QED) is 0.303. The molecule has 0 aliphatic rings. The van der Waals surface area contributed by atoms with Crippen molar-refractivity contribution in [1.29, 1.82) is 0 Å². The molecule has 0 bridgehead atoms. The first-order valence-electron chi connectivity index (χ1n) is 13.9. The van der Waals surface area contributed by atoms with E-state index in [2.05, 4.69) is 5.32 Å². The topological polar surface area (TPSA) is 105 Å². The summed E-state index contributed by atoms with van der Waals surface area (Å²) in [7, 11) is -1.37. The third-order valence-corrected chi connectivity index (χ3v) is 9.08. The number of carbonyl (C=O) groups is 2. The highest BCUT2D eigenvalue weighted by molar-refractivity contribution is 7.92. The molecule has 0 aromatic heterocycles. The number of methoxy groups -OCH3 is 2. The number of sulfonamides is 1. The zero-order chi connectivity index (χ0) is 31.0. The molecule has 0 unspecified atom stereocenters. The first kappa shape index (κ1) is 32.5. The Labute approximate surface area is 249 Å². The molecule has 3 rings (SSSR count). The first-order valence-corrected chi connectivity index (χ1v) is 15.3. The summed E-state index contributed by atoms with van der Waals surface area (Å²) in [6, 6.07) is 17.8. The second-order valence-corrected chi connectivity index (χ2v) is 12.2. The lowest BCUT2D eigenvalue weighted by Gasteiger charge is -2.33. The number of nitrogens with one attached hydrogen (secondary N) is 1. The van der Waals surface area contributed by atoms with Gasteiger partial charge in [-0.25, -0.2) is 8.42 Å². The zero-order valence-corrected chi connectivity index (χ0v) is 26.2. The maximum Gasteiger partial charge on any atom is 0.264 e. The van der Waals surface area contributed by atoms with Crippen molar-refractivity contribution in [1.82, 2.24) is 10.2 Å². The lowest BCUT2D eigenvalue weighted by atomic mass is 10.1. The molecule has 10 heteroatoms. The molecule has 0 radical (unpaired) electrons. The molecule has 9 nitrogen and oxygen atoms in total. The zero-order valence-electron chi connectivity index (χ0n) is 25.4. The molecule has 0 saturated carbocycles. The van der Waals surface area contributed by atoms with Crippen LogP contribution in [-0.2, 0) is 26.2 Å². The van der Waals surface area contributed by atoms with Crippen molar-refractivity contribution in [2.75, 3.05) is 25.1 Å². The molecule has 1 N–H and O–H groups in total. The summed E-state index contributed by atoms with van der Waals surface area (Å²) >= 11 is 0. The van der Waals surface area contributed by atoms with Gasteiger partial charge in [0.2, 0.25) is 11.8 Å². The van der Waals surface area contributed by atoms with E-state index >= 15 is 0 Å². The van der Waals surface area contributed by atoms with E-state index in [9.17, 15) is 18.0 Å². The van der Waals surface area contributed by atoms with Crippen LogP contribution >= 0.6 is 0 Å². The monoisotopic (exact) mass is 595 g/mol. The van der Waals surface area contributed by atoms with Gasteiger partial charge in [0.1, 0.15) is 12.6 Å². The van der Waals surface area contributed by atoms with Crippen LogP contribution < -0.4 is 19.1 Å². The van der Waals surface area contributed by atoms with E-state index in [-0.39, 0.29) is 29.1 Å². The smallest absolute Gasteiger partial charge is 0.264 e. The van der Waals surface area contributed by atoms with Crippen LogP contribution in [0.4, 0.5) is 5.69 Å². The van der Waals surface area contributed by atoms with Crippen LogP contribution in [0, 0.1) is 13.8 Å². The predicted octanol–water partition coefficient (Wildman–Crippen LogP) is 4.85. The van der Waals surface area contributed by atoms with Gasteiger partial charge in [-0.15, -0.1) is 0 Å². The molecule has 0 fully saturated rings. The summed E-state index contributed by atoms with van der Waals surface area (Å²) in [6.45, 7) is 8.96. The average molecular weight is 596 g/mol. The Bertz CT molecular complexity index is 1490. The maximum absolute atomic E-state index is 14.1. The minimum absolute atomic E-state index is 0.0680. The van der Waals surface area contributed by atoms with E-state index in [0.29, 0.717) is 11.4 Å². The van der Waals surface area contributed by atoms with Crippen LogP contribution in [-0.4, -0.2) is 58.0 Å². The number of amides is 2. The van der Waals surface area contributed by atoms with Gasteiger partial charge < -0.3 is 19.7 Å². The Morgan fingerprint density at radius 3 is 2.14 bits per heavy atom. The molecule has 226 valence electrons. The third kappa shape index (κ3) is 7.61. The minimum atomic E-state index is -4.25. The summed E-state index contributed by atoms with van der Waals surface area (Å²) in [4.78, 5) is 28.7. The second-order valence-electron chi connectivity index (χ2n) is 10.3. The molecular weight excluding hydrogens is 554 g/mol. The third-order valence-electron chi connectivity index (χ3n) is 7.31. The second kappa shape index (κ2) is 14.2. The number of rotatable bonds is 13. The Morgan fingerprint density at radius 1 is 0.905 bits per heavy atom. The van der Waals surface area contributed by atoms with Crippen molar-refractivity contribution in [2.45, 2.75) is 64.6 Å². The van der Waals surface area contributed by atoms with Crippen molar-refractivity contribution in [2.24, 2.45) is 0 Å². The average Bonchev–Trinajstić information content (AvgIpc) is 2.98. The summed E-state index contributed by atoms with van der Waals surface area (Å²) in [5.74, 6) is -0.212. The number of anilines is 1. The predicted molar refractivity (Wildman–Crippen MR) is 164 cm³/mol. The summed E-state index contributed by atoms with van der Waals surface area (Å²) in [5.41, 5.74) is 3.07. The highest BCUT2D eigenvalue weighted by Crippen LogP contribution is 2.32. The van der Waals surface area contributed by atoms with Gasteiger partial charge in [-0.3, -0.25) is 13.9 Å². The van der Waals surface area contributed by atoms with Crippen LogP contribution in [0.2, 0.25) is 0 Å². The van der Waals surface area contributed by atoms with Gasteiger partial charge in [0.25, 0.3) is 10.0 Å². The van der Waals surface area contributed by atoms with Gasteiger partial charge in [-0.1, -0.05) is 48.9 Å². The lowest BCUT2D eigenvalue weighted by molar-refractivity contribution is -0.139. The van der Waals surface area contributed by atoms with Crippen LogP contribution in [0.25, 0.3) is 0 Å². The van der Waals surface area contributed by atoms with Gasteiger partial charge in [-0.2, -0.15) is 0 Å². The number of benzene rings is 3. The van der Waals surface area contributed by atoms with E-state index in [0.717, 1.165) is 27.4 Å². The number of carbonyl (C=O) groups excluding carboxylic acids is 2. The summed E-state index contributed by atoms with van der Waals surface area (Å²) in [5, 5.41) is 2.95. The van der Waals surface area contributed by atoms with Crippen LogP contribution in [0.1, 0.15) is 43.9 Å². The number of hydrogen-bond acceptors (Lipinski definition) is 6. The number of ether oxygens (including phenoxy) is 2. The molecule has 0 heterocycles. The molecule has 2 atom stereocenters. The fourth-order valence-electron chi connectivity index (χ4n) is 4.36. The van der Waals surface area contributed by atoms with E-state index in [1.54, 1.807) is 31.2 Å². The number of aryl methyl sites for hydroxylation is 2. The largest absolute Gasteiger partial charge is 0.493 e. The van der Waals surface area contributed by atoms with Gasteiger partial charge in [-0.05, 0) is 69.5 Å². The molecule has 0 spiro atoms. The molecule has 3 aromatic carbocycles. The number of hydrogen-bond donors (Lipinski definition) is 1. The highest BCUT2D eigenvalue weighted by Gasteiger charge is 2.33.